The highest BCUT2D eigenvalue weighted by molar-refractivity contribution is 7.98. The first-order valence-corrected chi connectivity index (χ1v) is 27.2. The average molecular weight is 1060 g/mol. The Hall–Kier alpha value is -7.63. The highest BCUT2D eigenvalue weighted by Gasteiger charge is 2.65. The summed E-state index contributed by atoms with van der Waals surface area (Å²) in [6.07, 6.45) is 13.3. The molecule has 0 bridgehead atoms. The van der Waals surface area contributed by atoms with Gasteiger partial charge in [-0.05, 0) is 150 Å². The topological polar surface area (TPSA) is 196 Å². The van der Waals surface area contributed by atoms with Crippen molar-refractivity contribution in [3.63, 3.8) is 0 Å². The molecule has 0 saturated heterocycles. The lowest BCUT2D eigenvalue weighted by Gasteiger charge is -2.60. The minimum absolute atomic E-state index is 0.00998. The van der Waals surface area contributed by atoms with Crippen molar-refractivity contribution < 1.29 is 43.9 Å². The molecule has 1 fully saturated rings. The number of oxime groups is 1. The minimum atomic E-state index is -1.60. The van der Waals surface area contributed by atoms with Crippen LogP contribution in [0, 0.1) is 38.0 Å². The summed E-state index contributed by atoms with van der Waals surface area (Å²) in [5.74, 6) is -1.27. The number of fused-ring (bicyclic) bond motifs is 3. The van der Waals surface area contributed by atoms with Crippen LogP contribution >= 0.6 is 11.8 Å². The van der Waals surface area contributed by atoms with Crippen molar-refractivity contribution in [3.8, 4) is 17.2 Å². The molecule has 6 aromatic carbocycles. The zero-order valence-corrected chi connectivity index (χ0v) is 43.7. The second kappa shape index (κ2) is 25.0. The number of thioether (sulfide) groups is 1. The van der Waals surface area contributed by atoms with Crippen molar-refractivity contribution in [1.29, 1.82) is 0 Å². The fraction of sp³-hybridized carbons (Fsp3) is 0.311. The molecule has 0 spiro atoms. The molecule has 1 amide bonds. The molecule has 6 atom stereocenters. The zero-order chi connectivity index (χ0) is 53.9. The van der Waals surface area contributed by atoms with Gasteiger partial charge in [0.25, 0.3) is 11.4 Å². The summed E-state index contributed by atoms with van der Waals surface area (Å²) in [5, 5.41) is 50.3. The van der Waals surface area contributed by atoms with E-state index >= 15 is 4.79 Å². The third kappa shape index (κ3) is 12.2. The third-order valence-corrected chi connectivity index (χ3v) is 15.6. The number of carbonyl (C=O) groups excluding carboxylic acids is 1. The average Bonchev–Trinajstić information content (AvgIpc) is 3.61. The van der Waals surface area contributed by atoms with E-state index < -0.39 is 27.6 Å². The number of rotatable bonds is 24. The molecule has 2 aliphatic carbocycles. The number of nitrogens with zero attached hydrogens (tertiary/aromatic N) is 4. The van der Waals surface area contributed by atoms with Crippen LogP contribution in [0.25, 0.3) is 16.8 Å². The van der Waals surface area contributed by atoms with E-state index in [0.29, 0.717) is 46.9 Å². The number of carbonyl (C=O) groups is 1. The van der Waals surface area contributed by atoms with Gasteiger partial charge in [-0.1, -0.05) is 72.6 Å². The standard InChI is InChI=1S/C61H62N4O11S/c1-3-35-73-61-57(63(39-45-14-10-13-43-11-4-5-15-51(43)45)58(68)32-21-41-17-22-46(23-18-41)64(69)70)38-55(62-74-40-42-19-24-47(25-20-42)65(71)72)53-36-44(12-6-8-33-66)52(16-7-9-34-67)59(60(53)61)54-37-49(28-31-56(54)76-61)75-48-26-29-50(77-2)30-27-48/h3-5,10-11,13-15,17-32,36-37,44,52,57,59-60,66-67H,1,6-9,12,16,33-35,38-40H2,2H3/t44-,52+,57-,59+,60+,61+/m0/s1. The van der Waals surface area contributed by atoms with E-state index in [4.69, 9.17) is 24.2 Å². The molecule has 1 heterocycles. The number of hydrogen-bond acceptors (Lipinski definition) is 13. The minimum Gasteiger partial charge on any atom is -0.459 e. The lowest BCUT2D eigenvalue weighted by Crippen LogP contribution is -2.70. The van der Waals surface area contributed by atoms with Crippen molar-refractivity contribution in [1.82, 2.24) is 4.90 Å². The molecule has 77 heavy (non-hydrogen) atoms. The fourth-order valence-electron chi connectivity index (χ4n) is 11.3. The molecule has 398 valence electrons. The van der Waals surface area contributed by atoms with E-state index in [0.717, 1.165) is 58.1 Å². The van der Waals surface area contributed by atoms with Crippen molar-refractivity contribution >= 4 is 51.6 Å². The van der Waals surface area contributed by atoms with E-state index in [9.17, 15) is 30.4 Å². The number of ether oxygens (including phenoxy) is 3. The Morgan fingerprint density at radius 1 is 0.857 bits per heavy atom. The van der Waals surface area contributed by atoms with Gasteiger partial charge in [-0.15, -0.1) is 18.3 Å². The van der Waals surface area contributed by atoms with Gasteiger partial charge in [0, 0.05) is 72.9 Å². The first-order chi connectivity index (χ1) is 37.5. The first-order valence-electron chi connectivity index (χ1n) is 26.0. The van der Waals surface area contributed by atoms with Crippen molar-refractivity contribution in [2.75, 3.05) is 26.1 Å². The number of hydrogen-bond donors (Lipinski definition) is 2. The molecule has 0 unspecified atom stereocenters. The van der Waals surface area contributed by atoms with E-state index in [-0.39, 0.29) is 74.4 Å². The molecule has 3 aliphatic rings. The SMILES string of the molecule is C=CCO[C@@]12Oc3ccc(Oc4ccc(SC)cc4)cc3[C@H]3[C@H](CCCCO)[C@@H](CCCCO)C=C(C(=NOCc4ccc([N+](=O)[O-])cc4)C[C@@H]1N(Cc1cccc4ccccc14)C(=O)C=Cc1ccc([N+](=O)[O-])cc1)[C@H]32. The van der Waals surface area contributed by atoms with Crippen molar-refractivity contribution in [2.45, 2.75) is 80.7 Å². The number of allylic oxidation sites excluding steroid dienone is 1. The maximum atomic E-state index is 15.6. The molecular formula is C61H62N4O11S. The van der Waals surface area contributed by atoms with Crippen LogP contribution in [0.15, 0.2) is 174 Å². The molecule has 2 N–H and O–H groups in total. The predicted molar refractivity (Wildman–Crippen MR) is 298 cm³/mol. The molecule has 1 saturated carbocycles. The maximum absolute atomic E-state index is 15.6. The van der Waals surface area contributed by atoms with Crippen LogP contribution in [0.2, 0.25) is 0 Å². The smallest absolute Gasteiger partial charge is 0.269 e. The summed E-state index contributed by atoms with van der Waals surface area (Å²) in [5.41, 5.74) is 4.25. The monoisotopic (exact) mass is 1060 g/mol. The zero-order valence-electron chi connectivity index (χ0n) is 42.9. The second-order valence-electron chi connectivity index (χ2n) is 19.5. The molecule has 9 rings (SSSR count). The normalized spacial score (nSPS) is 20.9. The molecule has 16 heteroatoms. The number of nitro benzene ring substituents is 2. The van der Waals surface area contributed by atoms with Crippen LogP contribution in [0.3, 0.4) is 0 Å². The van der Waals surface area contributed by atoms with Crippen LogP contribution < -0.4 is 9.47 Å². The van der Waals surface area contributed by atoms with Crippen LogP contribution in [-0.2, 0) is 27.5 Å². The van der Waals surface area contributed by atoms with Crippen LogP contribution in [-0.4, -0.2) is 74.5 Å². The maximum Gasteiger partial charge on any atom is 0.269 e. The Kier molecular flexibility index (Phi) is 17.6. The summed E-state index contributed by atoms with van der Waals surface area (Å²) in [4.78, 5) is 47.0. The number of nitro groups is 2. The van der Waals surface area contributed by atoms with Crippen LogP contribution in [0.1, 0.15) is 73.1 Å². The van der Waals surface area contributed by atoms with E-state index in [2.05, 4.69) is 12.7 Å². The van der Waals surface area contributed by atoms with Gasteiger partial charge in [0.2, 0.25) is 11.7 Å². The quantitative estimate of drug-likeness (QED) is 0.0146. The summed E-state index contributed by atoms with van der Waals surface area (Å²) in [6, 6.07) is 38.9. The highest BCUT2D eigenvalue weighted by Crippen LogP contribution is 2.62. The number of benzene rings is 6. The molecule has 15 nitrogen and oxygen atoms in total. The highest BCUT2D eigenvalue weighted by atomic mass is 32.2. The predicted octanol–water partition coefficient (Wildman–Crippen LogP) is 12.7. The van der Waals surface area contributed by atoms with E-state index in [1.54, 1.807) is 53.1 Å². The molecule has 6 aromatic rings. The number of amides is 1. The molecular weight excluding hydrogens is 997 g/mol. The van der Waals surface area contributed by atoms with Gasteiger partial charge in [-0.2, -0.15) is 0 Å². The summed E-state index contributed by atoms with van der Waals surface area (Å²) < 4.78 is 21.4. The molecule has 0 radical (unpaired) electrons. The number of aliphatic hydroxyl groups is 2. The Morgan fingerprint density at radius 2 is 1.55 bits per heavy atom. The fourth-order valence-corrected chi connectivity index (χ4v) is 11.7. The summed E-state index contributed by atoms with van der Waals surface area (Å²) >= 11 is 1.64. The second-order valence-corrected chi connectivity index (χ2v) is 20.4. The van der Waals surface area contributed by atoms with Crippen LogP contribution in [0.4, 0.5) is 11.4 Å². The summed E-state index contributed by atoms with van der Waals surface area (Å²) in [6.45, 7) is 4.30. The molecule has 1 aliphatic heterocycles. The Labute approximate surface area is 451 Å². The van der Waals surface area contributed by atoms with E-state index in [1.165, 1.54) is 30.3 Å². The Morgan fingerprint density at radius 3 is 2.25 bits per heavy atom. The van der Waals surface area contributed by atoms with Gasteiger partial charge in [0.15, 0.2) is 0 Å². The lowest BCUT2D eigenvalue weighted by atomic mass is 9.55. The number of non-ortho nitro benzene ring substituents is 2. The first kappa shape index (κ1) is 54.2. The van der Waals surface area contributed by atoms with Crippen molar-refractivity contribution in [3.05, 3.63) is 206 Å². The van der Waals surface area contributed by atoms with Gasteiger partial charge in [-0.3, -0.25) is 25.0 Å². The van der Waals surface area contributed by atoms with Gasteiger partial charge in [-0.25, -0.2) is 0 Å². The number of unbranched alkanes of at least 4 members (excludes halogenated alkanes) is 2. The van der Waals surface area contributed by atoms with Gasteiger partial charge < -0.3 is 34.2 Å². The number of aliphatic hydroxyl groups excluding tert-OH is 2. The third-order valence-electron chi connectivity index (χ3n) is 14.9. The summed E-state index contributed by atoms with van der Waals surface area (Å²) in [7, 11) is 0. The Bertz CT molecular complexity index is 3160. The van der Waals surface area contributed by atoms with Gasteiger partial charge in [0.1, 0.15) is 29.9 Å². The van der Waals surface area contributed by atoms with Crippen molar-refractivity contribution in [2.24, 2.45) is 22.9 Å². The Balaban J connectivity index is 1.26. The molecule has 0 aromatic heterocycles. The largest absolute Gasteiger partial charge is 0.459 e. The lowest BCUT2D eigenvalue weighted by molar-refractivity contribution is -0.385. The van der Waals surface area contributed by atoms with E-state index in [1.807, 2.05) is 91.2 Å². The van der Waals surface area contributed by atoms with Crippen LogP contribution in [0.5, 0.6) is 17.2 Å². The van der Waals surface area contributed by atoms with Gasteiger partial charge in [0.05, 0.1) is 28.1 Å². The van der Waals surface area contributed by atoms with Gasteiger partial charge >= 0.3 is 0 Å².